The normalized spacial score (nSPS) is 10.6. The van der Waals surface area contributed by atoms with Gasteiger partial charge >= 0.3 is 0 Å². The summed E-state index contributed by atoms with van der Waals surface area (Å²) in [5.41, 5.74) is 0.678. The lowest BCUT2D eigenvalue weighted by molar-refractivity contribution is -0.385. The van der Waals surface area contributed by atoms with E-state index in [0.29, 0.717) is 17.1 Å². The highest BCUT2D eigenvalue weighted by Crippen LogP contribution is 2.22. The fraction of sp³-hybridized carbons (Fsp3) is 0.500. The molecule has 0 atom stereocenters. The first-order chi connectivity index (χ1) is 8.65. The average molecular weight is 273 g/mol. The molecule has 0 saturated carbocycles. The Hall–Kier alpha value is -1.17. The molecule has 5 nitrogen and oxygen atoms in total. The Kier molecular flexibility index (Phi) is 6.64. The summed E-state index contributed by atoms with van der Waals surface area (Å²) in [7, 11) is 0. The van der Waals surface area contributed by atoms with E-state index in [-0.39, 0.29) is 12.3 Å². The van der Waals surface area contributed by atoms with Crippen LogP contribution in [-0.4, -0.2) is 23.2 Å². The van der Waals surface area contributed by atoms with Crippen molar-refractivity contribution in [1.29, 1.82) is 0 Å². The zero-order valence-electron chi connectivity index (χ0n) is 10.1. The van der Waals surface area contributed by atoms with Crippen molar-refractivity contribution in [2.24, 2.45) is 0 Å². The summed E-state index contributed by atoms with van der Waals surface area (Å²) >= 11 is 5.82. The first kappa shape index (κ1) is 14.9. The van der Waals surface area contributed by atoms with Gasteiger partial charge in [-0.2, -0.15) is 0 Å². The number of aliphatic hydroxyl groups excluding tert-OH is 1. The molecule has 0 amide bonds. The lowest BCUT2D eigenvalue weighted by Crippen LogP contribution is -2.15. The summed E-state index contributed by atoms with van der Waals surface area (Å²) in [5, 5.41) is 23.1. The van der Waals surface area contributed by atoms with Gasteiger partial charge in [0.1, 0.15) is 0 Å². The number of aliphatic hydroxyl groups is 1. The lowest BCUT2D eigenvalue weighted by atomic mass is 10.1. The van der Waals surface area contributed by atoms with Crippen LogP contribution >= 0.6 is 11.6 Å². The first-order valence-corrected chi connectivity index (χ1v) is 6.27. The number of nitro groups is 1. The van der Waals surface area contributed by atoms with Gasteiger partial charge in [-0.05, 0) is 37.9 Å². The molecule has 18 heavy (non-hydrogen) atoms. The van der Waals surface area contributed by atoms with Gasteiger partial charge in [0.05, 0.1) is 4.92 Å². The van der Waals surface area contributed by atoms with Crippen LogP contribution < -0.4 is 5.32 Å². The van der Waals surface area contributed by atoms with Gasteiger partial charge < -0.3 is 10.4 Å². The highest BCUT2D eigenvalue weighted by molar-refractivity contribution is 6.30. The number of rotatable bonds is 8. The van der Waals surface area contributed by atoms with Crippen molar-refractivity contribution in [3.05, 3.63) is 38.9 Å². The summed E-state index contributed by atoms with van der Waals surface area (Å²) in [4.78, 5) is 10.4. The number of nitro benzene ring substituents is 1. The molecule has 100 valence electrons. The highest BCUT2D eigenvalue weighted by Gasteiger charge is 2.12. The molecule has 0 radical (unpaired) electrons. The third kappa shape index (κ3) is 5.00. The minimum absolute atomic E-state index is 0.0854. The fourth-order valence-electron chi connectivity index (χ4n) is 1.64. The number of benzene rings is 1. The zero-order valence-corrected chi connectivity index (χ0v) is 10.8. The lowest BCUT2D eigenvalue weighted by Gasteiger charge is -2.06. The largest absolute Gasteiger partial charge is 0.396 e. The van der Waals surface area contributed by atoms with Gasteiger partial charge in [-0.1, -0.05) is 11.6 Å². The molecule has 0 heterocycles. The number of halogens is 1. The minimum atomic E-state index is -0.404. The van der Waals surface area contributed by atoms with Crippen molar-refractivity contribution in [3.8, 4) is 0 Å². The maximum atomic E-state index is 10.8. The van der Waals surface area contributed by atoms with Crippen molar-refractivity contribution in [2.75, 3.05) is 13.2 Å². The van der Waals surface area contributed by atoms with Crippen molar-refractivity contribution in [2.45, 2.75) is 25.8 Å². The molecule has 0 saturated heterocycles. The summed E-state index contributed by atoms with van der Waals surface area (Å²) in [6, 6.07) is 4.55. The fourth-order valence-corrected chi connectivity index (χ4v) is 1.83. The van der Waals surface area contributed by atoms with E-state index in [1.807, 2.05) is 0 Å². The highest BCUT2D eigenvalue weighted by atomic mass is 35.5. The van der Waals surface area contributed by atoms with Gasteiger partial charge in [0, 0.05) is 29.8 Å². The van der Waals surface area contributed by atoms with Gasteiger partial charge in [-0.25, -0.2) is 0 Å². The van der Waals surface area contributed by atoms with Crippen LogP contribution in [0.3, 0.4) is 0 Å². The second-order valence-corrected chi connectivity index (χ2v) is 4.43. The minimum Gasteiger partial charge on any atom is -0.396 e. The van der Waals surface area contributed by atoms with Crippen LogP contribution in [0.5, 0.6) is 0 Å². The SMILES string of the molecule is O=[N+]([O-])c1ccc(Cl)cc1CNCCCCCO. The average Bonchev–Trinajstić information content (AvgIpc) is 2.33. The first-order valence-electron chi connectivity index (χ1n) is 5.89. The van der Waals surface area contributed by atoms with Crippen LogP contribution in [0.4, 0.5) is 5.69 Å². The van der Waals surface area contributed by atoms with Crippen LogP contribution in [0.15, 0.2) is 18.2 Å². The van der Waals surface area contributed by atoms with Crippen LogP contribution in [-0.2, 0) is 6.54 Å². The molecule has 0 aromatic heterocycles. The Labute approximate surface area is 111 Å². The van der Waals surface area contributed by atoms with Crippen LogP contribution in [0.25, 0.3) is 0 Å². The number of nitrogens with one attached hydrogen (secondary N) is 1. The van der Waals surface area contributed by atoms with Crippen LogP contribution in [0.2, 0.25) is 5.02 Å². The van der Waals surface area contributed by atoms with Gasteiger partial charge in [-0.15, -0.1) is 0 Å². The predicted molar refractivity (Wildman–Crippen MR) is 70.7 cm³/mol. The Balaban J connectivity index is 2.45. The number of hydrogen-bond acceptors (Lipinski definition) is 4. The maximum Gasteiger partial charge on any atom is 0.273 e. The maximum absolute atomic E-state index is 10.8. The summed E-state index contributed by atoms with van der Waals surface area (Å²) in [6.45, 7) is 1.40. The number of hydrogen-bond donors (Lipinski definition) is 2. The molecule has 0 aliphatic rings. The summed E-state index contributed by atoms with van der Waals surface area (Å²) in [5.74, 6) is 0. The second-order valence-electron chi connectivity index (χ2n) is 3.99. The monoisotopic (exact) mass is 272 g/mol. The van der Waals surface area contributed by atoms with Crippen molar-refractivity contribution >= 4 is 17.3 Å². The number of unbranched alkanes of at least 4 members (excludes halogenated alkanes) is 2. The standard InChI is InChI=1S/C12H17ClN2O3/c13-11-4-5-12(15(17)18)10(8-11)9-14-6-2-1-3-7-16/h4-5,8,14,16H,1-3,6-7,9H2. The molecule has 0 unspecified atom stereocenters. The summed E-state index contributed by atoms with van der Waals surface area (Å²) < 4.78 is 0. The quantitative estimate of drug-likeness (QED) is 0.433. The Morgan fingerprint density at radius 1 is 1.33 bits per heavy atom. The molecule has 0 aliphatic carbocycles. The van der Waals surface area contributed by atoms with E-state index in [2.05, 4.69) is 5.32 Å². The molecule has 6 heteroatoms. The van der Waals surface area contributed by atoms with Crippen LogP contribution in [0, 0.1) is 10.1 Å². The molecule has 0 spiro atoms. The van der Waals surface area contributed by atoms with Gasteiger partial charge in [0.2, 0.25) is 0 Å². The predicted octanol–water partition coefficient (Wildman–Crippen LogP) is 2.50. The Morgan fingerprint density at radius 3 is 2.78 bits per heavy atom. The van der Waals surface area contributed by atoms with Gasteiger partial charge in [0.15, 0.2) is 0 Å². The molecular weight excluding hydrogens is 256 g/mol. The van der Waals surface area contributed by atoms with E-state index >= 15 is 0 Å². The Bertz CT molecular complexity index is 399. The third-order valence-corrected chi connectivity index (χ3v) is 2.80. The van der Waals surface area contributed by atoms with E-state index < -0.39 is 4.92 Å². The van der Waals surface area contributed by atoms with Crippen molar-refractivity contribution in [1.82, 2.24) is 5.32 Å². The van der Waals surface area contributed by atoms with E-state index in [0.717, 1.165) is 25.8 Å². The second kappa shape index (κ2) is 8.02. The molecule has 2 N–H and O–H groups in total. The molecule has 1 rings (SSSR count). The molecule has 0 bridgehead atoms. The van der Waals surface area contributed by atoms with E-state index in [9.17, 15) is 10.1 Å². The third-order valence-electron chi connectivity index (χ3n) is 2.57. The molecule has 1 aromatic carbocycles. The van der Waals surface area contributed by atoms with E-state index in [1.54, 1.807) is 6.07 Å². The topological polar surface area (TPSA) is 75.4 Å². The van der Waals surface area contributed by atoms with Gasteiger partial charge in [-0.3, -0.25) is 10.1 Å². The Morgan fingerprint density at radius 2 is 2.11 bits per heavy atom. The summed E-state index contributed by atoms with van der Waals surface area (Å²) in [6.07, 6.45) is 2.68. The molecular formula is C12H17ClN2O3. The van der Waals surface area contributed by atoms with E-state index in [1.165, 1.54) is 12.1 Å². The number of nitrogens with zero attached hydrogens (tertiary/aromatic N) is 1. The van der Waals surface area contributed by atoms with Crippen molar-refractivity contribution < 1.29 is 10.0 Å². The zero-order chi connectivity index (χ0) is 13.4. The van der Waals surface area contributed by atoms with E-state index in [4.69, 9.17) is 16.7 Å². The molecule has 0 fully saturated rings. The molecule has 1 aromatic rings. The van der Waals surface area contributed by atoms with Crippen molar-refractivity contribution in [3.63, 3.8) is 0 Å². The molecule has 0 aliphatic heterocycles. The van der Waals surface area contributed by atoms with Crippen LogP contribution in [0.1, 0.15) is 24.8 Å². The smallest absolute Gasteiger partial charge is 0.273 e. The van der Waals surface area contributed by atoms with Gasteiger partial charge in [0.25, 0.3) is 5.69 Å².